The van der Waals surface area contributed by atoms with E-state index in [0.717, 1.165) is 0 Å². The van der Waals surface area contributed by atoms with Crippen molar-refractivity contribution in [2.24, 2.45) is 0 Å². The minimum absolute atomic E-state index is 0.363. The smallest absolute Gasteiger partial charge is 0.245 e. The number of halogens is 1. The van der Waals surface area contributed by atoms with Gasteiger partial charge in [-0.05, 0) is 13.8 Å². The van der Waals surface area contributed by atoms with Crippen LogP contribution in [0.25, 0.3) is 0 Å². The van der Waals surface area contributed by atoms with E-state index in [2.05, 4.69) is 0 Å². The number of fused-ring (bicyclic) bond motifs is 1. The summed E-state index contributed by atoms with van der Waals surface area (Å²) in [7, 11) is -3.50. The van der Waals surface area contributed by atoms with Gasteiger partial charge in [0.2, 0.25) is 5.91 Å². The molecular weight excluding hydrogens is 242 g/mol. The third-order valence-corrected chi connectivity index (χ3v) is 6.83. The molecule has 0 aromatic carbocycles. The lowest BCUT2D eigenvalue weighted by atomic mass is 9.99. The summed E-state index contributed by atoms with van der Waals surface area (Å²) in [5.74, 6) is -0.408. The summed E-state index contributed by atoms with van der Waals surface area (Å²) in [6.45, 7) is 2.66. The first-order valence-electron chi connectivity index (χ1n) is 4.57. The van der Waals surface area contributed by atoms with E-state index in [4.69, 9.17) is 16.7 Å². The molecule has 1 amide bonds. The van der Waals surface area contributed by atoms with E-state index in [9.17, 15) is 13.2 Å². The number of carbonyl (C=O) groups is 1. The number of sulfone groups is 1. The number of amides is 1. The Balaban J connectivity index is 2.53. The van der Waals surface area contributed by atoms with Crippen LogP contribution in [-0.4, -0.2) is 52.5 Å². The molecule has 5 nitrogen and oxygen atoms in total. The van der Waals surface area contributed by atoms with Crippen molar-refractivity contribution in [3.05, 3.63) is 0 Å². The summed E-state index contributed by atoms with van der Waals surface area (Å²) in [6, 6.07) is -0.685. The van der Waals surface area contributed by atoms with E-state index in [1.54, 1.807) is 0 Å². The van der Waals surface area contributed by atoms with E-state index < -0.39 is 37.3 Å². The predicted octanol–water partition coefficient (Wildman–Crippen LogP) is -0.670. The van der Waals surface area contributed by atoms with Gasteiger partial charge >= 0.3 is 0 Å². The van der Waals surface area contributed by atoms with E-state index in [-0.39, 0.29) is 6.61 Å². The first kappa shape index (κ1) is 11.2. The monoisotopic (exact) mass is 253 g/mol. The Hall–Kier alpha value is -0.330. The molecule has 2 fully saturated rings. The lowest BCUT2D eigenvalue weighted by Gasteiger charge is -2.40. The van der Waals surface area contributed by atoms with Crippen molar-refractivity contribution >= 4 is 27.3 Å². The number of aliphatic hydroxyl groups excluding tert-OH is 1. The first-order valence-corrected chi connectivity index (χ1v) is 6.55. The Kier molecular flexibility index (Phi) is 2.13. The van der Waals surface area contributed by atoms with Gasteiger partial charge in [-0.1, -0.05) is 0 Å². The van der Waals surface area contributed by atoms with Crippen molar-refractivity contribution in [1.82, 2.24) is 4.90 Å². The summed E-state index contributed by atoms with van der Waals surface area (Å²) < 4.78 is 22.9. The average Bonchev–Trinajstić information content (AvgIpc) is 2.29. The highest BCUT2D eigenvalue weighted by atomic mass is 35.5. The molecule has 2 aliphatic heterocycles. The van der Waals surface area contributed by atoms with Crippen LogP contribution in [0.1, 0.15) is 13.8 Å². The van der Waals surface area contributed by atoms with E-state index in [1.165, 1.54) is 18.7 Å². The number of nitrogens with zero attached hydrogens (tertiary/aromatic N) is 1. The number of alkyl halides is 1. The lowest BCUT2D eigenvalue weighted by Crippen LogP contribution is -2.63. The third kappa shape index (κ3) is 1.02. The van der Waals surface area contributed by atoms with Gasteiger partial charge in [-0.3, -0.25) is 4.79 Å². The summed E-state index contributed by atoms with van der Waals surface area (Å²) in [4.78, 5) is 12.6. The van der Waals surface area contributed by atoms with Gasteiger partial charge in [0.15, 0.2) is 15.2 Å². The normalized spacial score (nSPS) is 41.2. The van der Waals surface area contributed by atoms with Crippen LogP contribution in [0.2, 0.25) is 0 Å². The number of hydrogen-bond acceptors (Lipinski definition) is 4. The second-order valence-corrected chi connectivity index (χ2v) is 7.48. The molecular formula is C8H12ClNO4S. The maximum absolute atomic E-state index is 12.0. The Morgan fingerprint density at radius 3 is 2.53 bits per heavy atom. The lowest BCUT2D eigenvalue weighted by molar-refractivity contribution is -0.144. The zero-order valence-electron chi connectivity index (χ0n) is 8.34. The second-order valence-electron chi connectivity index (χ2n) is 4.38. The van der Waals surface area contributed by atoms with Gasteiger partial charge in [0, 0.05) is 0 Å². The standard InChI is InChI=1S/C8H12ClNO4S/c1-8(2)4(3-11)10-6(12)5(9)7(10)15(8,13)14/h4-5,7,11H,3H2,1-2H3/t4-,5-,7+/m0/s1. The van der Waals surface area contributed by atoms with Crippen LogP contribution in [0, 0.1) is 0 Å². The minimum atomic E-state index is -3.50. The van der Waals surface area contributed by atoms with Gasteiger partial charge in [-0.15, -0.1) is 11.6 Å². The molecule has 86 valence electrons. The topological polar surface area (TPSA) is 74.7 Å². The fourth-order valence-corrected chi connectivity index (χ4v) is 5.04. The highest BCUT2D eigenvalue weighted by molar-refractivity contribution is 7.94. The molecule has 3 atom stereocenters. The summed E-state index contributed by atoms with van der Waals surface area (Å²) in [5.41, 5.74) is 0. The van der Waals surface area contributed by atoms with E-state index >= 15 is 0 Å². The van der Waals surface area contributed by atoms with Gasteiger partial charge in [0.25, 0.3) is 0 Å². The number of carbonyl (C=O) groups excluding carboxylic acids is 1. The molecule has 7 heteroatoms. The molecule has 0 aromatic rings. The van der Waals surface area contributed by atoms with Crippen molar-refractivity contribution in [1.29, 1.82) is 0 Å². The zero-order valence-corrected chi connectivity index (χ0v) is 9.92. The number of hydrogen-bond donors (Lipinski definition) is 1. The number of aliphatic hydroxyl groups is 1. The Morgan fingerprint density at radius 2 is 2.07 bits per heavy atom. The molecule has 1 N–H and O–H groups in total. The van der Waals surface area contributed by atoms with Gasteiger partial charge in [0.1, 0.15) is 5.38 Å². The minimum Gasteiger partial charge on any atom is -0.394 e. The Bertz CT molecular complexity index is 418. The maximum atomic E-state index is 12.0. The first-order chi connectivity index (χ1) is 6.76. The van der Waals surface area contributed by atoms with Crippen LogP contribution in [-0.2, 0) is 14.6 Å². The van der Waals surface area contributed by atoms with Crippen LogP contribution in [0.15, 0.2) is 0 Å². The van der Waals surface area contributed by atoms with Crippen molar-refractivity contribution in [3.8, 4) is 0 Å². The SMILES string of the molecule is CC1(C)[C@H](CO)N2C(=O)[C@H](Cl)[C@H]2S1(=O)=O. The van der Waals surface area contributed by atoms with Gasteiger partial charge < -0.3 is 10.0 Å². The zero-order chi connectivity index (χ0) is 11.6. The van der Waals surface area contributed by atoms with Crippen LogP contribution >= 0.6 is 11.6 Å². The largest absolute Gasteiger partial charge is 0.394 e. The molecule has 0 saturated carbocycles. The fraction of sp³-hybridized carbons (Fsp3) is 0.875. The molecule has 0 spiro atoms. The Morgan fingerprint density at radius 1 is 1.53 bits per heavy atom. The molecule has 2 saturated heterocycles. The molecule has 15 heavy (non-hydrogen) atoms. The van der Waals surface area contributed by atoms with E-state index in [0.29, 0.717) is 0 Å². The third-order valence-electron chi connectivity index (χ3n) is 3.38. The van der Waals surface area contributed by atoms with Crippen LogP contribution in [0.5, 0.6) is 0 Å². The number of β-lactam (4-membered cyclic amide) rings is 1. The molecule has 0 radical (unpaired) electrons. The molecule has 0 unspecified atom stereocenters. The fourth-order valence-electron chi connectivity index (χ4n) is 2.23. The molecule has 0 aromatic heterocycles. The summed E-state index contributed by atoms with van der Waals surface area (Å²) in [5, 5.41) is 7.20. The van der Waals surface area contributed by atoms with Crippen LogP contribution < -0.4 is 0 Å². The van der Waals surface area contributed by atoms with Crippen LogP contribution in [0.4, 0.5) is 0 Å². The maximum Gasteiger partial charge on any atom is 0.245 e. The quantitative estimate of drug-likeness (QED) is 0.497. The highest BCUT2D eigenvalue weighted by Gasteiger charge is 2.69. The number of rotatable bonds is 1. The Labute approximate surface area is 92.9 Å². The van der Waals surface area contributed by atoms with Crippen molar-refractivity contribution in [2.75, 3.05) is 6.61 Å². The van der Waals surface area contributed by atoms with Gasteiger partial charge in [-0.2, -0.15) is 0 Å². The molecule has 0 aliphatic carbocycles. The predicted molar refractivity (Wildman–Crippen MR) is 54.1 cm³/mol. The summed E-state index contributed by atoms with van der Waals surface area (Å²) in [6.07, 6.45) is 0. The van der Waals surface area contributed by atoms with Gasteiger partial charge in [0.05, 0.1) is 17.4 Å². The molecule has 2 rings (SSSR count). The van der Waals surface area contributed by atoms with Crippen molar-refractivity contribution in [2.45, 2.75) is 35.4 Å². The second kappa shape index (κ2) is 2.87. The van der Waals surface area contributed by atoms with Crippen LogP contribution in [0.3, 0.4) is 0 Å². The summed E-state index contributed by atoms with van der Waals surface area (Å²) >= 11 is 5.68. The van der Waals surface area contributed by atoms with Crippen molar-refractivity contribution < 1.29 is 18.3 Å². The molecule has 2 aliphatic rings. The van der Waals surface area contributed by atoms with Crippen molar-refractivity contribution in [3.63, 3.8) is 0 Å². The average molecular weight is 254 g/mol. The van der Waals surface area contributed by atoms with Gasteiger partial charge in [-0.25, -0.2) is 8.42 Å². The molecule has 0 bridgehead atoms. The van der Waals surface area contributed by atoms with E-state index in [1.807, 2.05) is 0 Å². The highest BCUT2D eigenvalue weighted by Crippen LogP contribution is 2.47. The molecule has 2 heterocycles.